The number of nitrogens with zero attached hydrogens (tertiary/aromatic N) is 2. The molecular weight excluding hydrogens is 626 g/mol. The van der Waals surface area contributed by atoms with Crippen molar-refractivity contribution in [1.29, 1.82) is 0 Å². The molecule has 48 heavy (non-hydrogen) atoms. The van der Waals surface area contributed by atoms with Crippen LogP contribution in [-0.4, -0.2) is 85.8 Å². The first kappa shape index (κ1) is 33.9. The van der Waals surface area contributed by atoms with Crippen molar-refractivity contribution in [1.82, 2.24) is 5.32 Å². The normalized spacial score (nSPS) is 22.5. The van der Waals surface area contributed by atoms with Crippen LogP contribution in [0.15, 0.2) is 71.9 Å². The molecule has 3 aromatic rings. The van der Waals surface area contributed by atoms with Gasteiger partial charge >= 0.3 is 17.9 Å². The van der Waals surface area contributed by atoms with Crippen molar-refractivity contribution in [3.63, 3.8) is 0 Å². The Morgan fingerprint density at radius 1 is 0.854 bits per heavy atom. The van der Waals surface area contributed by atoms with Gasteiger partial charge in [-0.3, -0.25) is 24.0 Å². The van der Waals surface area contributed by atoms with Crippen LogP contribution >= 0.6 is 0 Å². The number of hydrogen-bond acceptors (Lipinski definition) is 12. The summed E-state index contributed by atoms with van der Waals surface area (Å²) in [5, 5.41) is 8.74. The largest absolute Gasteiger partial charge is 0.491 e. The number of para-hydroxylation sites is 1. The molecule has 0 radical (unpaired) electrons. The molecule has 5 rings (SSSR count). The first-order valence-corrected chi connectivity index (χ1v) is 15.2. The highest BCUT2D eigenvalue weighted by Crippen LogP contribution is 2.32. The van der Waals surface area contributed by atoms with Crippen LogP contribution in [0.5, 0.6) is 5.75 Å². The van der Waals surface area contributed by atoms with Crippen LogP contribution in [0.1, 0.15) is 33.3 Å². The first-order valence-electron chi connectivity index (χ1n) is 15.2. The van der Waals surface area contributed by atoms with Gasteiger partial charge in [0.05, 0.1) is 12.2 Å². The molecule has 1 saturated heterocycles. The van der Waals surface area contributed by atoms with Crippen LogP contribution in [-0.2, 0) is 47.8 Å². The van der Waals surface area contributed by atoms with Gasteiger partial charge in [-0.25, -0.2) is 0 Å². The fourth-order valence-electron chi connectivity index (χ4n) is 5.63. The fourth-order valence-corrected chi connectivity index (χ4v) is 5.63. The summed E-state index contributed by atoms with van der Waals surface area (Å²) >= 11 is 0. The van der Waals surface area contributed by atoms with Gasteiger partial charge in [0.2, 0.25) is 5.91 Å². The Morgan fingerprint density at radius 3 is 2.27 bits per heavy atom. The van der Waals surface area contributed by atoms with Crippen LogP contribution in [0.2, 0.25) is 0 Å². The summed E-state index contributed by atoms with van der Waals surface area (Å²) < 4.78 is 28.1. The molecule has 0 aliphatic carbocycles. The highest BCUT2D eigenvalue weighted by atomic mass is 16.8. The van der Waals surface area contributed by atoms with Gasteiger partial charge in [0.1, 0.15) is 31.1 Å². The number of hydrogen-bond donors (Lipinski definition) is 1. The molecule has 3 aromatic carbocycles. The minimum atomic E-state index is -1.48. The van der Waals surface area contributed by atoms with E-state index in [0.717, 1.165) is 24.6 Å². The van der Waals surface area contributed by atoms with Gasteiger partial charge in [0.25, 0.3) is 12.2 Å². The molecule has 2 heterocycles. The third-order valence-electron chi connectivity index (χ3n) is 7.54. The van der Waals surface area contributed by atoms with Crippen molar-refractivity contribution in [3.8, 4) is 5.75 Å². The third kappa shape index (κ3) is 7.72. The van der Waals surface area contributed by atoms with Crippen LogP contribution in [0.3, 0.4) is 0 Å². The number of fused-ring (bicyclic) bond motifs is 2. The molecule has 0 saturated carbocycles. The van der Waals surface area contributed by atoms with Crippen molar-refractivity contribution >= 4 is 51.9 Å². The molecule has 5 atom stereocenters. The van der Waals surface area contributed by atoms with E-state index in [4.69, 9.17) is 28.5 Å². The van der Waals surface area contributed by atoms with Gasteiger partial charge in [-0.05, 0) is 17.5 Å². The average Bonchev–Trinajstić information content (AvgIpc) is 3.31. The standard InChI is InChI=1S/C34H35N3O11/c1-19(38)35-30-32(46-22(4)41)31(45-21(3)40)28(18-44-20(2)39)47-34(30)48-36-29-25-13-7-8-14-26(25)37(33(29)42)16-17-43-27-15-9-11-23-10-5-6-12-24(23)27/h5-15,28,30-32,34H,16-18H2,1-4H3,(H,35,38)/t28-,30-,31-,32-,34+/m1/s1. The Labute approximate surface area is 275 Å². The van der Waals surface area contributed by atoms with E-state index < -0.39 is 67.0 Å². The van der Waals surface area contributed by atoms with Gasteiger partial charge in [0.15, 0.2) is 17.9 Å². The molecule has 0 unspecified atom stereocenters. The maximum atomic E-state index is 13.7. The molecule has 2 aliphatic rings. The quantitative estimate of drug-likeness (QED) is 0.182. The van der Waals surface area contributed by atoms with Crippen LogP contribution < -0.4 is 15.0 Å². The maximum absolute atomic E-state index is 13.7. The molecule has 2 aliphatic heterocycles. The number of carbonyl (C=O) groups excluding carboxylic acids is 5. The number of ether oxygens (including phenoxy) is 5. The van der Waals surface area contributed by atoms with E-state index >= 15 is 0 Å². The molecular formula is C34H35N3O11. The molecule has 0 aromatic heterocycles. The number of rotatable bonds is 11. The van der Waals surface area contributed by atoms with E-state index in [9.17, 15) is 24.0 Å². The highest BCUT2D eigenvalue weighted by molar-refractivity contribution is 6.54. The second-order valence-electron chi connectivity index (χ2n) is 11.1. The SMILES string of the molecule is CC(=O)N[C@H]1[C@H](ON=C2C(=O)N(CCOc3cccc4ccccc34)c3ccccc32)O[C@H](COC(C)=O)[C@@H](OC(C)=O)[C@@H]1OC(C)=O. The monoisotopic (exact) mass is 661 g/mol. The summed E-state index contributed by atoms with van der Waals surface area (Å²) in [6, 6.07) is 19.3. The molecule has 1 fully saturated rings. The number of oxime groups is 1. The smallest absolute Gasteiger partial charge is 0.303 e. The zero-order chi connectivity index (χ0) is 34.4. The number of carbonyl (C=O) groups is 5. The Morgan fingerprint density at radius 2 is 1.54 bits per heavy atom. The summed E-state index contributed by atoms with van der Waals surface area (Å²) in [4.78, 5) is 69.1. The zero-order valence-corrected chi connectivity index (χ0v) is 26.7. The van der Waals surface area contributed by atoms with E-state index in [-0.39, 0.29) is 18.9 Å². The summed E-state index contributed by atoms with van der Waals surface area (Å²) in [5.41, 5.74) is 1.00. The Hall–Kier alpha value is -5.50. The van der Waals surface area contributed by atoms with Crippen LogP contribution in [0.4, 0.5) is 5.69 Å². The summed E-state index contributed by atoms with van der Waals surface area (Å²) in [7, 11) is 0. The molecule has 14 nitrogen and oxygen atoms in total. The van der Waals surface area contributed by atoms with Gasteiger partial charge in [-0.1, -0.05) is 59.8 Å². The highest BCUT2D eigenvalue weighted by Gasteiger charge is 2.52. The first-order chi connectivity index (χ1) is 23.0. The molecule has 0 spiro atoms. The van der Waals surface area contributed by atoms with E-state index in [1.165, 1.54) is 18.7 Å². The van der Waals surface area contributed by atoms with Gasteiger partial charge in [0, 0.05) is 38.6 Å². The summed E-state index contributed by atoms with van der Waals surface area (Å²) in [5.74, 6) is -2.50. The molecule has 1 N–H and O–H groups in total. The fraction of sp³-hybridized carbons (Fsp3) is 0.353. The zero-order valence-electron chi connectivity index (χ0n) is 26.7. The number of benzene rings is 3. The van der Waals surface area contributed by atoms with Gasteiger partial charge in [-0.2, -0.15) is 0 Å². The van der Waals surface area contributed by atoms with E-state index in [2.05, 4.69) is 10.5 Å². The van der Waals surface area contributed by atoms with E-state index in [0.29, 0.717) is 17.0 Å². The van der Waals surface area contributed by atoms with E-state index in [1.807, 2.05) is 42.5 Å². The second kappa shape index (κ2) is 14.9. The molecule has 0 bridgehead atoms. The second-order valence-corrected chi connectivity index (χ2v) is 11.1. The summed E-state index contributed by atoms with van der Waals surface area (Å²) in [6.45, 7) is 4.62. The van der Waals surface area contributed by atoms with E-state index in [1.54, 1.807) is 24.3 Å². The predicted octanol–water partition coefficient (Wildman–Crippen LogP) is 2.64. The lowest BCUT2D eigenvalue weighted by atomic mass is 9.96. The van der Waals surface area contributed by atoms with Gasteiger partial charge < -0.3 is 38.7 Å². The van der Waals surface area contributed by atoms with Gasteiger partial charge in [-0.15, -0.1) is 0 Å². The molecule has 14 heteroatoms. The Balaban J connectivity index is 1.40. The maximum Gasteiger partial charge on any atom is 0.303 e. The lowest BCUT2D eigenvalue weighted by molar-refractivity contribution is -0.278. The number of anilines is 1. The minimum absolute atomic E-state index is 0.0522. The molecule has 2 amide bonds. The number of amides is 2. The summed E-state index contributed by atoms with van der Waals surface area (Å²) in [6.07, 6.45) is -5.33. The topological polar surface area (TPSA) is 168 Å². The molecule has 252 valence electrons. The number of esters is 3. The van der Waals surface area contributed by atoms with Crippen molar-refractivity contribution in [2.75, 3.05) is 24.7 Å². The van der Waals surface area contributed by atoms with Crippen molar-refractivity contribution < 1.29 is 52.5 Å². The predicted molar refractivity (Wildman–Crippen MR) is 170 cm³/mol. The van der Waals surface area contributed by atoms with Crippen LogP contribution in [0.25, 0.3) is 10.8 Å². The van der Waals surface area contributed by atoms with Crippen molar-refractivity contribution in [2.24, 2.45) is 5.16 Å². The van der Waals surface area contributed by atoms with Crippen molar-refractivity contribution in [3.05, 3.63) is 72.3 Å². The average molecular weight is 662 g/mol. The third-order valence-corrected chi connectivity index (χ3v) is 7.54. The Bertz CT molecular complexity index is 1740. The number of nitrogens with one attached hydrogen (secondary N) is 1. The lowest BCUT2D eigenvalue weighted by Gasteiger charge is -2.43. The van der Waals surface area contributed by atoms with Crippen molar-refractivity contribution in [2.45, 2.75) is 58.3 Å². The lowest BCUT2D eigenvalue weighted by Crippen LogP contribution is -2.66. The minimum Gasteiger partial charge on any atom is -0.491 e. The Kier molecular flexibility index (Phi) is 10.5. The van der Waals surface area contributed by atoms with Crippen LogP contribution in [0, 0.1) is 0 Å².